The van der Waals surface area contributed by atoms with Crippen LogP contribution in [-0.2, 0) is 13.5 Å². The molecule has 3 nitrogen and oxygen atoms in total. The van der Waals surface area contributed by atoms with Crippen LogP contribution in [0, 0.1) is 13.8 Å². The van der Waals surface area contributed by atoms with E-state index in [1.807, 2.05) is 11.7 Å². The molecule has 1 heterocycles. The molecule has 18 heavy (non-hydrogen) atoms. The summed E-state index contributed by atoms with van der Waals surface area (Å²) in [7, 11) is 1.96. The monoisotopic (exact) mass is 243 g/mol. The summed E-state index contributed by atoms with van der Waals surface area (Å²) in [6, 6.07) is 8.40. The summed E-state index contributed by atoms with van der Waals surface area (Å²) in [5.41, 5.74) is 12.2. The Balaban J connectivity index is 2.43. The standard InChI is InChI=1S/C15H21N3/c1-5-12-9-14(18(4)17-12)15(16)13-8-10(2)6-7-11(13)3/h6-9,15H,5,16H2,1-4H3. The van der Waals surface area contributed by atoms with E-state index in [1.54, 1.807) is 0 Å². The third-order valence-electron chi connectivity index (χ3n) is 3.42. The van der Waals surface area contributed by atoms with Crippen molar-refractivity contribution in [2.75, 3.05) is 0 Å². The number of benzene rings is 1. The molecule has 0 radical (unpaired) electrons. The quantitative estimate of drug-likeness (QED) is 0.900. The summed E-state index contributed by atoms with van der Waals surface area (Å²) >= 11 is 0. The van der Waals surface area contributed by atoms with Crippen LogP contribution < -0.4 is 5.73 Å². The fourth-order valence-electron chi connectivity index (χ4n) is 2.26. The molecule has 0 aliphatic heterocycles. The van der Waals surface area contributed by atoms with E-state index in [4.69, 9.17) is 5.73 Å². The average Bonchev–Trinajstić information content (AvgIpc) is 2.73. The van der Waals surface area contributed by atoms with Crippen LogP contribution in [0.5, 0.6) is 0 Å². The lowest BCUT2D eigenvalue weighted by Gasteiger charge is -2.15. The molecule has 1 aromatic heterocycles. The van der Waals surface area contributed by atoms with Gasteiger partial charge < -0.3 is 5.73 Å². The van der Waals surface area contributed by atoms with Crippen LogP contribution in [0.1, 0.15) is 41.0 Å². The molecule has 96 valence electrons. The van der Waals surface area contributed by atoms with Crippen LogP contribution in [0.2, 0.25) is 0 Å². The SMILES string of the molecule is CCc1cc(C(N)c2cc(C)ccc2C)n(C)n1. The van der Waals surface area contributed by atoms with Crippen LogP contribution in [0.25, 0.3) is 0 Å². The number of nitrogens with zero attached hydrogens (tertiary/aromatic N) is 2. The first kappa shape index (κ1) is 12.8. The summed E-state index contributed by atoms with van der Waals surface area (Å²) in [6.07, 6.45) is 0.938. The summed E-state index contributed by atoms with van der Waals surface area (Å²) in [4.78, 5) is 0. The Hall–Kier alpha value is -1.61. The topological polar surface area (TPSA) is 43.8 Å². The fourth-order valence-corrected chi connectivity index (χ4v) is 2.26. The second-order valence-electron chi connectivity index (χ2n) is 4.88. The Kier molecular flexibility index (Phi) is 3.53. The van der Waals surface area contributed by atoms with Gasteiger partial charge in [-0.1, -0.05) is 30.7 Å². The molecule has 0 fully saturated rings. The van der Waals surface area contributed by atoms with Gasteiger partial charge in [0.15, 0.2) is 0 Å². The highest BCUT2D eigenvalue weighted by Gasteiger charge is 2.16. The van der Waals surface area contributed by atoms with Crippen molar-refractivity contribution in [3.8, 4) is 0 Å². The molecule has 0 saturated carbocycles. The highest BCUT2D eigenvalue weighted by atomic mass is 15.3. The average molecular weight is 243 g/mol. The maximum Gasteiger partial charge on any atom is 0.0725 e. The third-order valence-corrected chi connectivity index (χ3v) is 3.42. The number of rotatable bonds is 3. The molecule has 1 aromatic carbocycles. The van der Waals surface area contributed by atoms with Crippen molar-refractivity contribution in [1.29, 1.82) is 0 Å². The predicted octanol–water partition coefficient (Wildman–Crippen LogP) is 2.65. The number of aryl methyl sites for hydroxylation is 4. The van der Waals surface area contributed by atoms with E-state index in [2.05, 4.69) is 50.1 Å². The Morgan fingerprint density at radius 2 is 2.00 bits per heavy atom. The molecule has 1 atom stereocenters. The Morgan fingerprint density at radius 3 is 2.61 bits per heavy atom. The van der Waals surface area contributed by atoms with E-state index in [1.165, 1.54) is 16.7 Å². The molecular weight excluding hydrogens is 222 g/mol. The zero-order chi connectivity index (χ0) is 13.3. The first-order chi connectivity index (χ1) is 8.52. The largest absolute Gasteiger partial charge is 0.319 e. The van der Waals surface area contributed by atoms with Crippen LogP contribution in [-0.4, -0.2) is 9.78 Å². The lowest BCUT2D eigenvalue weighted by molar-refractivity contribution is 0.664. The summed E-state index contributed by atoms with van der Waals surface area (Å²) < 4.78 is 1.89. The van der Waals surface area contributed by atoms with Gasteiger partial charge in [-0.2, -0.15) is 5.10 Å². The molecule has 0 spiro atoms. The summed E-state index contributed by atoms with van der Waals surface area (Å²) in [5, 5.41) is 4.46. The van der Waals surface area contributed by atoms with Gasteiger partial charge >= 0.3 is 0 Å². The van der Waals surface area contributed by atoms with Gasteiger partial charge in [0.25, 0.3) is 0 Å². The normalized spacial score (nSPS) is 12.7. The van der Waals surface area contributed by atoms with Crippen molar-refractivity contribution >= 4 is 0 Å². The number of aromatic nitrogens is 2. The van der Waals surface area contributed by atoms with Crippen molar-refractivity contribution in [3.63, 3.8) is 0 Å². The second-order valence-corrected chi connectivity index (χ2v) is 4.88. The molecule has 0 aliphatic carbocycles. The van der Waals surface area contributed by atoms with Crippen LogP contribution >= 0.6 is 0 Å². The maximum atomic E-state index is 6.39. The Bertz CT molecular complexity index is 555. The van der Waals surface area contributed by atoms with Gasteiger partial charge in [0.1, 0.15) is 0 Å². The van der Waals surface area contributed by atoms with Crippen molar-refractivity contribution in [3.05, 3.63) is 52.3 Å². The predicted molar refractivity (Wildman–Crippen MR) is 74.5 cm³/mol. The zero-order valence-electron chi connectivity index (χ0n) is 11.6. The van der Waals surface area contributed by atoms with E-state index in [0.29, 0.717) is 0 Å². The molecule has 2 aromatic rings. The molecule has 0 bridgehead atoms. The maximum absolute atomic E-state index is 6.39. The minimum absolute atomic E-state index is 0.109. The molecule has 2 N–H and O–H groups in total. The van der Waals surface area contributed by atoms with E-state index in [-0.39, 0.29) is 6.04 Å². The highest BCUT2D eigenvalue weighted by Crippen LogP contribution is 2.24. The molecule has 1 unspecified atom stereocenters. The van der Waals surface area contributed by atoms with Crippen LogP contribution in [0.3, 0.4) is 0 Å². The molecule has 3 heteroatoms. The molecular formula is C15H21N3. The minimum Gasteiger partial charge on any atom is -0.319 e. The summed E-state index contributed by atoms with van der Waals surface area (Å²) in [6.45, 7) is 6.30. The lowest BCUT2D eigenvalue weighted by atomic mass is 9.97. The minimum atomic E-state index is -0.109. The molecule has 0 amide bonds. The number of nitrogens with two attached hydrogens (primary N) is 1. The van der Waals surface area contributed by atoms with Gasteiger partial charge in [-0.05, 0) is 37.5 Å². The first-order valence-corrected chi connectivity index (χ1v) is 6.38. The number of hydrogen-bond donors (Lipinski definition) is 1. The van der Waals surface area contributed by atoms with Gasteiger partial charge in [-0.3, -0.25) is 4.68 Å². The van der Waals surface area contributed by atoms with E-state index in [0.717, 1.165) is 17.8 Å². The Labute approximate surface area is 109 Å². The molecule has 0 aliphatic rings. The Morgan fingerprint density at radius 1 is 1.28 bits per heavy atom. The smallest absolute Gasteiger partial charge is 0.0725 e. The van der Waals surface area contributed by atoms with Gasteiger partial charge in [-0.15, -0.1) is 0 Å². The second kappa shape index (κ2) is 4.94. The van der Waals surface area contributed by atoms with Gasteiger partial charge in [-0.25, -0.2) is 0 Å². The van der Waals surface area contributed by atoms with Crippen LogP contribution in [0.15, 0.2) is 24.3 Å². The lowest BCUT2D eigenvalue weighted by Crippen LogP contribution is -2.17. The first-order valence-electron chi connectivity index (χ1n) is 6.38. The van der Waals surface area contributed by atoms with Crippen molar-refractivity contribution in [2.24, 2.45) is 12.8 Å². The molecule has 2 rings (SSSR count). The zero-order valence-corrected chi connectivity index (χ0v) is 11.6. The fraction of sp³-hybridized carbons (Fsp3) is 0.400. The van der Waals surface area contributed by atoms with Crippen molar-refractivity contribution in [2.45, 2.75) is 33.2 Å². The third kappa shape index (κ3) is 2.31. The van der Waals surface area contributed by atoms with Crippen molar-refractivity contribution in [1.82, 2.24) is 9.78 Å². The van der Waals surface area contributed by atoms with Crippen molar-refractivity contribution < 1.29 is 0 Å². The van der Waals surface area contributed by atoms with E-state index < -0.39 is 0 Å². The van der Waals surface area contributed by atoms with E-state index in [9.17, 15) is 0 Å². The van der Waals surface area contributed by atoms with E-state index >= 15 is 0 Å². The highest BCUT2D eigenvalue weighted by molar-refractivity contribution is 5.37. The van der Waals surface area contributed by atoms with Crippen LogP contribution in [0.4, 0.5) is 0 Å². The van der Waals surface area contributed by atoms with Gasteiger partial charge in [0.2, 0.25) is 0 Å². The number of hydrogen-bond acceptors (Lipinski definition) is 2. The van der Waals surface area contributed by atoms with Gasteiger partial charge in [0, 0.05) is 7.05 Å². The summed E-state index contributed by atoms with van der Waals surface area (Å²) in [5.74, 6) is 0. The van der Waals surface area contributed by atoms with Gasteiger partial charge in [0.05, 0.1) is 17.4 Å². The molecule has 0 saturated heterocycles.